The van der Waals surface area contributed by atoms with E-state index in [0.29, 0.717) is 0 Å². The maximum atomic E-state index is 3.79. The van der Waals surface area contributed by atoms with Gasteiger partial charge >= 0.3 is 0 Å². The highest BCUT2D eigenvalue weighted by Gasteiger charge is 2.16. The summed E-state index contributed by atoms with van der Waals surface area (Å²) in [5.74, 6) is 0. The van der Waals surface area contributed by atoms with E-state index in [0.717, 1.165) is 17.6 Å². The summed E-state index contributed by atoms with van der Waals surface area (Å²) in [6.07, 6.45) is 8.35. The lowest BCUT2D eigenvalue weighted by Gasteiger charge is -1.99. The predicted molar refractivity (Wildman–Crippen MR) is 82.2 cm³/mol. The Morgan fingerprint density at radius 3 is 1.12 bits per heavy atom. The van der Waals surface area contributed by atoms with Crippen LogP contribution >= 0.6 is 0 Å². The molecule has 0 aromatic heterocycles. The topological polar surface area (TPSA) is 0 Å². The van der Waals surface area contributed by atoms with Gasteiger partial charge in [-0.2, -0.15) is 0 Å². The van der Waals surface area contributed by atoms with Gasteiger partial charge in [-0.1, -0.05) is 78.3 Å². The molecule has 0 atom stereocenters. The van der Waals surface area contributed by atoms with Gasteiger partial charge < -0.3 is 0 Å². The third-order valence-electron chi connectivity index (χ3n) is 2.26. The molecule has 94 valence electrons. The van der Waals surface area contributed by atoms with Gasteiger partial charge in [0.1, 0.15) is 0 Å². The van der Waals surface area contributed by atoms with E-state index in [9.17, 15) is 0 Å². The molecule has 0 aliphatic heterocycles. The largest absolute Gasteiger partial charge is 0.0988 e. The van der Waals surface area contributed by atoms with Gasteiger partial charge in [0.25, 0.3) is 0 Å². The second-order valence-corrected chi connectivity index (χ2v) is 2.87. The van der Waals surface area contributed by atoms with E-state index in [-0.39, 0.29) is 0 Å². The van der Waals surface area contributed by atoms with Crippen molar-refractivity contribution < 1.29 is 0 Å². The molecule has 0 nitrogen and oxygen atoms in total. The van der Waals surface area contributed by atoms with Crippen molar-refractivity contribution in [3.63, 3.8) is 0 Å². The highest BCUT2D eigenvalue weighted by Crippen LogP contribution is 2.34. The fraction of sp³-hybridized carbons (Fsp3) is 0.294. The Balaban J connectivity index is 0. The Morgan fingerprint density at radius 2 is 0.941 bits per heavy atom. The normalized spacial score (nSPS) is 12.9. The molecule has 1 aliphatic carbocycles. The van der Waals surface area contributed by atoms with Crippen molar-refractivity contribution in [3.05, 3.63) is 72.9 Å². The molecule has 0 bridgehead atoms. The van der Waals surface area contributed by atoms with Crippen LogP contribution < -0.4 is 0 Å². The quantitative estimate of drug-likeness (QED) is 0.574. The fourth-order valence-corrected chi connectivity index (χ4v) is 1.59. The van der Waals surface area contributed by atoms with E-state index in [1.807, 2.05) is 52.0 Å². The summed E-state index contributed by atoms with van der Waals surface area (Å²) in [7, 11) is 0. The minimum absolute atomic E-state index is 0.899. The third-order valence-corrected chi connectivity index (χ3v) is 2.26. The standard InChI is InChI=1S/C13H14.2C2H6/c1-5-10-9-11(6-2)13(8-4)12(10)7-3;2*1-2/h5-8H,1-4,9H2;2*1-2H3. The molecule has 17 heavy (non-hydrogen) atoms. The van der Waals surface area contributed by atoms with Crippen molar-refractivity contribution >= 4 is 0 Å². The average molecular weight is 230 g/mol. The Hall–Kier alpha value is -1.56. The Bertz CT molecular complexity index is 301. The van der Waals surface area contributed by atoms with Crippen LogP contribution in [0.25, 0.3) is 0 Å². The van der Waals surface area contributed by atoms with Gasteiger partial charge in [0.05, 0.1) is 0 Å². The van der Waals surface area contributed by atoms with Gasteiger partial charge in [-0.05, 0) is 28.7 Å². The molecule has 0 saturated carbocycles. The van der Waals surface area contributed by atoms with Crippen LogP contribution in [0.1, 0.15) is 34.1 Å². The smallest absolute Gasteiger partial charge is 0.00139 e. The van der Waals surface area contributed by atoms with Gasteiger partial charge in [0.2, 0.25) is 0 Å². The summed E-state index contributed by atoms with van der Waals surface area (Å²) >= 11 is 0. The zero-order chi connectivity index (χ0) is 13.8. The van der Waals surface area contributed by atoms with Gasteiger partial charge in [-0.3, -0.25) is 0 Å². The van der Waals surface area contributed by atoms with Crippen molar-refractivity contribution in [2.24, 2.45) is 0 Å². The van der Waals surface area contributed by atoms with Crippen LogP contribution in [0.4, 0.5) is 0 Å². The van der Waals surface area contributed by atoms with Crippen molar-refractivity contribution in [2.75, 3.05) is 0 Å². The minimum atomic E-state index is 0.899. The average Bonchev–Trinajstić information content (AvgIpc) is 2.79. The Labute approximate surface area is 107 Å². The molecule has 0 amide bonds. The van der Waals surface area contributed by atoms with E-state index in [4.69, 9.17) is 0 Å². The molecule has 0 heteroatoms. The summed E-state index contributed by atoms with van der Waals surface area (Å²) in [6.45, 7) is 23.1. The van der Waals surface area contributed by atoms with Crippen LogP contribution in [0.3, 0.4) is 0 Å². The first-order valence-corrected chi connectivity index (χ1v) is 6.24. The lowest BCUT2D eigenvalue weighted by Crippen LogP contribution is -1.80. The molecule has 0 N–H and O–H groups in total. The molecule has 0 aromatic rings. The first kappa shape index (κ1) is 17.8. The van der Waals surface area contributed by atoms with E-state index in [1.54, 1.807) is 0 Å². The van der Waals surface area contributed by atoms with Crippen LogP contribution in [-0.4, -0.2) is 0 Å². The van der Waals surface area contributed by atoms with E-state index in [2.05, 4.69) is 26.3 Å². The second-order valence-electron chi connectivity index (χ2n) is 2.87. The molecular weight excluding hydrogens is 204 g/mol. The third kappa shape index (κ3) is 4.44. The van der Waals surface area contributed by atoms with Crippen molar-refractivity contribution in [1.29, 1.82) is 0 Å². The molecule has 1 rings (SSSR count). The van der Waals surface area contributed by atoms with Crippen LogP contribution in [0.15, 0.2) is 72.9 Å². The molecule has 0 radical (unpaired) electrons. The molecule has 0 spiro atoms. The number of hydrogen-bond donors (Lipinski definition) is 0. The highest BCUT2D eigenvalue weighted by molar-refractivity contribution is 5.61. The minimum Gasteiger partial charge on any atom is -0.0988 e. The van der Waals surface area contributed by atoms with Crippen molar-refractivity contribution in [3.8, 4) is 0 Å². The van der Waals surface area contributed by atoms with Crippen LogP contribution in [0.5, 0.6) is 0 Å². The summed E-state index contributed by atoms with van der Waals surface area (Å²) in [5, 5.41) is 0. The Kier molecular flexibility index (Phi) is 11.5. The van der Waals surface area contributed by atoms with Crippen molar-refractivity contribution in [2.45, 2.75) is 34.1 Å². The van der Waals surface area contributed by atoms with Gasteiger partial charge in [-0.25, -0.2) is 0 Å². The van der Waals surface area contributed by atoms with Gasteiger partial charge in [-0.15, -0.1) is 0 Å². The zero-order valence-corrected chi connectivity index (χ0v) is 11.8. The first-order chi connectivity index (χ1) is 8.28. The van der Waals surface area contributed by atoms with Crippen LogP contribution in [-0.2, 0) is 0 Å². The molecular formula is C17H26. The zero-order valence-electron chi connectivity index (χ0n) is 11.8. The van der Waals surface area contributed by atoms with E-state index >= 15 is 0 Å². The lowest BCUT2D eigenvalue weighted by atomic mass is 10.1. The first-order valence-electron chi connectivity index (χ1n) is 6.24. The van der Waals surface area contributed by atoms with Crippen LogP contribution in [0.2, 0.25) is 0 Å². The summed E-state index contributed by atoms with van der Waals surface area (Å²) < 4.78 is 0. The molecule has 0 unspecified atom stereocenters. The molecule has 0 saturated heterocycles. The maximum Gasteiger partial charge on any atom is -0.00139 e. The summed E-state index contributed by atoms with van der Waals surface area (Å²) in [6, 6.07) is 0. The predicted octanol–water partition coefficient (Wildman–Crippen LogP) is 5.78. The lowest BCUT2D eigenvalue weighted by molar-refractivity contribution is 1.25. The molecule has 0 heterocycles. The number of rotatable bonds is 4. The van der Waals surface area contributed by atoms with Gasteiger partial charge in [0, 0.05) is 0 Å². The van der Waals surface area contributed by atoms with E-state index < -0.39 is 0 Å². The number of hydrogen-bond acceptors (Lipinski definition) is 0. The molecule has 0 fully saturated rings. The van der Waals surface area contributed by atoms with Gasteiger partial charge in [0.15, 0.2) is 0 Å². The molecule has 0 aromatic carbocycles. The summed E-state index contributed by atoms with van der Waals surface area (Å²) in [5.41, 5.74) is 4.69. The second kappa shape index (κ2) is 10.9. The number of allylic oxidation sites excluding steroid dienone is 8. The van der Waals surface area contributed by atoms with Crippen LogP contribution in [0, 0.1) is 0 Å². The monoisotopic (exact) mass is 230 g/mol. The maximum absolute atomic E-state index is 3.79. The van der Waals surface area contributed by atoms with Crippen molar-refractivity contribution in [1.82, 2.24) is 0 Å². The highest BCUT2D eigenvalue weighted by atomic mass is 14.2. The Morgan fingerprint density at radius 1 is 0.647 bits per heavy atom. The SMILES string of the molecule is C=CC1=C(C=C)C(C=C)=C(C=C)C1.CC.CC. The fourth-order valence-electron chi connectivity index (χ4n) is 1.59. The van der Waals surface area contributed by atoms with E-state index in [1.165, 1.54) is 11.1 Å². The molecule has 1 aliphatic rings. The summed E-state index contributed by atoms with van der Waals surface area (Å²) in [4.78, 5) is 0.